The fourth-order valence-corrected chi connectivity index (χ4v) is 3.70. The van der Waals surface area contributed by atoms with Gasteiger partial charge in [0.15, 0.2) is 0 Å². The number of halogens is 1. The zero-order valence-corrected chi connectivity index (χ0v) is 13.5. The summed E-state index contributed by atoms with van der Waals surface area (Å²) >= 11 is 3.55. The van der Waals surface area contributed by atoms with Crippen LogP contribution >= 0.6 is 15.9 Å². The van der Waals surface area contributed by atoms with Gasteiger partial charge in [-0.1, -0.05) is 28.9 Å². The zero-order chi connectivity index (χ0) is 14.0. The summed E-state index contributed by atoms with van der Waals surface area (Å²) in [6, 6.07) is 6.76. The number of nitrogens with one attached hydrogen (secondary N) is 1. The van der Waals surface area contributed by atoms with Crippen LogP contribution in [0.25, 0.3) is 0 Å². The Balaban J connectivity index is 1.93. The number of hydrogen-bond acceptors (Lipinski definition) is 3. The lowest BCUT2D eigenvalue weighted by molar-refractivity contribution is 0.0109. The van der Waals surface area contributed by atoms with E-state index in [0.29, 0.717) is 6.04 Å². The van der Waals surface area contributed by atoms with Crippen molar-refractivity contribution in [2.24, 2.45) is 0 Å². The lowest BCUT2D eigenvalue weighted by atomic mass is 9.82. The third-order valence-electron chi connectivity index (χ3n) is 4.33. The van der Waals surface area contributed by atoms with Crippen LogP contribution < -0.4 is 10.1 Å². The second-order valence-electron chi connectivity index (χ2n) is 5.75. The molecule has 0 amide bonds. The van der Waals surface area contributed by atoms with E-state index < -0.39 is 0 Å². The van der Waals surface area contributed by atoms with E-state index in [9.17, 15) is 0 Å². The molecule has 20 heavy (non-hydrogen) atoms. The van der Waals surface area contributed by atoms with E-state index >= 15 is 0 Å². The highest BCUT2D eigenvalue weighted by atomic mass is 79.9. The summed E-state index contributed by atoms with van der Waals surface area (Å²) in [4.78, 5) is 0. The molecule has 110 valence electrons. The molecule has 1 aromatic carbocycles. The Morgan fingerprint density at radius 1 is 1.35 bits per heavy atom. The molecule has 3 nitrogen and oxygen atoms in total. The average molecular weight is 340 g/mol. The van der Waals surface area contributed by atoms with Gasteiger partial charge in [0, 0.05) is 35.5 Å². The molecule has 1 saturated heterocycles. The topological polar surface area (TPSA) is 30.5 Å². The smallest absolute Gasteiger partial charge is 0.126 e. The third-order valence-corrected chi connectivity index (χ3v) is 4.82. The number of benzene rings is 1. The molecule has 1 fully saturated rings. The monoisotopic (exact) mass is 339 g/mol. The first-order chi connectivity index (χ1) is 9.72. The molecule has 2 heterocycles. The second kappa shape index (κ2) is 6.04. The largest absolute Gasteiger partial charge is 0.487 e. The Bertz CT molecular complexity index is 470. The normalized spacial score (nSPS) is 29.6. The van der Waals surface area contributed by atoms with Crippen LogP contribution in [0.15, 0.2) is 22.7 Å². The fraction of sp³-hybridized carbons (Fsp3) is 0.625. The summed E-state index contributed by atoms with van der Waals surface area (Å²) in [5.41, 5.74) is 1.22. The van der Waals surface area contributed by atoms with Crippen molar-refractivity contribution in [3.63, 3.8) is 0 Å². The first kappa shape index (κ1) is 14.4. The molecule has 0 bridgehead atoms. The SMILES string of the molecule is CCNC1CC2(CCCOCC2)Oc2cc(Br)ccc21. The number of hydrogen-bond donors (Lipinski definition) is 1. The summed E-state index contributed by atoms with van der Waals surface area (Å²) in [6.07, 6.45) is 4.20. The minimum Gasteiger partial charge on any atom is -0.487 e. The molecule has 0 aliphatic carbocycles. The zero-order valence-electron chi connectivity index (χ0n) is 12.0. The molecule has 2 aliphatic rings. The van der Waals surface area contributed by atoms with Crippen molar-refractivity contribution in [1.29, 1.82) is 0 Å². The summed E-state index contributed by atoms with van der Waals surface area (Å²) in [6.45, 7) is 4.81. The van der Waals surface area contributed by atoms with Gasteiger partial charge in [-0.15, -0.1) is 0 Å². The lowest BCUT2D eigenvalue weighted by Crippen LogP contribution is -2.44. The van der Waals surface area contributed by atoms with Gasteiger partial charge in [0.05, 0.1) is 6.61 Å². The maximum absolute atomic E-state index is 6.45. The van der Waals surface area contributed by atoms with Gasteiger partial charge in [0.1, 0.15) is 11.4 Å². The molecule has 1 spiro atoms. The van der Waals surface area contributed by atoms with Crippen molar-refractivity contribution in [3.05, 3.63) is 28.2 Å². The van der Waals surface area contributed by atoms with E-state index in [1.807, 2.05) is 0 Å². The number of ether oxygens (including phenoxy) is 2. The minimum absolute atomic E-state index is 0.0584. The first-order valence-corrected chi connectivity index (χ1v) is 8.31. The van der Waals surface area contributed by atoms with E-state index in [2.05, 4.69) is 46.4 Å². The van der Waals surface area contributed by atoms with Gasteiger partial charge >= 0.3 is 0 Å². The predicted octanol–water partition coefficient (Wildman–Crippen LogP) is 3.82. The molecule has 0 aromatic heterocycles. The van der Waals surface area contributed by atoms with Crippen LogP contribution in [0.5, 0.6) is 5.75 Å². The van der Waals surface area contributed by atoms with Crippen molar-refractivity contribution in [2.75, 3.05) is 19.8 Å². The van der Waals surface area contributed by atoms with Crippen LogP contribution in [0, 0.1) is 0 Å². The fourth-order valence-electron chi connectivity index (χ4n) is 3.36. The number of rotatable bonds is 2. The Morgan fingerprint density at radius 3 is 3.10 bits per heavy atom. The van der Waals surface area contributed by atoms with E-state index in [1.54, 1.807) is 0 Å². The van der Waals surface area contributed by atoms with Crippen LogP contribution in [-0.4, -0.2) is 25.4 Å². The molecule has 2 atom stereocenters. The molecule has 4 heteroatoms. The van der Waals surface area contributed by atoms with Gasteiger partial charge in [-0.25, -0.2) is 0 Å². The van der Waals surface area contributed by atoms with Gasteiger partial charge in [0.25, 0.3) is 0 Å². The van der Waals surface area contributed by atoms with E-state index in [-0.39, 0.29) is 5.60 Å². The maximum Gasteiger partial charge on any atom is 0.126 e. The quantitative estimate of drug-likeness (QED) is 0.888. The third kappa shape index (κ3) is 2.87. The van der Waals surface area contributed by atoms with Gasteiger partial charge in [-0.05, 0) is 31.5 Å². The van der Waals surface area contributed by atoms with E-state index in [4.69, 9.17) is 9.47 Å². The molecule has 1 aromatic rings. The van der Waals surface area contributed by atoms with Gasteiger partial charge in [-0.2, -0.15) is 0 Å². The maximum atomic E-state index is 6.45. The highest BCUT2D eigenvalue weighted by molar-refractivity contribution is 9.10. The molecule has 3 rings (SSSR count). The Hall–Kier alpha value is -0.580. The van der Waals surface area contributed by atoms with Crippen molar-refractivity contribution in [1.82, 2.24) is 5.32 Å². The average Bonchev–Trinajstić information content (AvgIpc) is 2.64. The van der Waals surface area contributed by atoms with Gasteiger partial charge in [-0.3, -0.25) is 0 Å². The van der Waals surface area contributed by atoms with Crippen LogP contribution in [0.4, 0.5) is 0 Å². The Morgan fingerprint density at radius 2 is 2.25 bits per heavy atom. The van der Waals surface area contributed by atoms with Crippen molar-refractivity contribution in [3.8, 4) is 5.75 Å². The predicted molar refractivity (Wildman–Crippen MR) is 83.2 cm³/mol. The van der Waals surface area contributed by atoms with Gasteiger partial charge < -0.3 is 14.8 Å². The molecule has 1 N–H and O–H groups in total. The first-order valence-electron chi connectivity index (χ1n) is 7.52. The highest BCUT2D eigenvalue weighted by Gasteiger charge is 2.41. The van der Waals surface area contributed by atoms with E-state index in [0.717, 1.165) is 55.7 Å². The summed E-state index contributed by atoms with van der Waals surface area (Å²) in [5, 5.41) is 3.62. The van der Waals surface area contributed by atoms with E-state index in [1.165, 1.54) is 5.56 Å². The molecule has 0 saturated carbocycles. The van der Waals surface area contributed by atoms with Crippen molar-refractivity contribution < 1.29 is 9.47 Å². The molecular formula is C16H22BrNO2. The molecular weight excluding hydrogens is 318 g/mol. The molecule has 2 unspecified atom stereocenters. The molecule has 0 radical (unpaired) electrons. The van der Waals surface area contributed by atoms with Gasteiger partial charge in [0.2, 0.25) is 0 Å². The number of fused-ring (bicyclic) bond motifs is 1. The standard InChI is InChI=1S/C16H22BrNO2/c1-2-18-14-11-16(6-3-8-19-9-7-16)20-15-10-12(17)4-5-13(14)15/h4-5,10,14,18H,2-3,6-9,11H2,1H3. The van der Waals surface area contributed by atoms with Crippen LogP contribution in [0.3, 0.4) is 0 Å². The Kier molecular flexibility index (Phi) is 4.34. The lowest BCUT2D eigenvalue weighted by Gasteiger charge is -2.42. The van der Waals surface area contributed by atoms with Crippen LogP contribution in [0.2, 0.25) is 0 Å². The van der Waals surface area contributed by atoms with Crippen molar-refractivity contribution >= 4 is 15.9 Å². The Labute approximate surface area is 129 Å². The second-order valence-corrected chi connectivity index (χ2v) is 6.66. The summed E-state index contributed by atoms with van der Waals surface area (Å²) in [7, 11) is 0. The van der Waals surface area contributed by atoms with Crippen LogP contribution in [-0.2, 0) is 4.74 Å². The van der Waals surface area contributed by atoms with Crippen molar-refractivity contribution in [2.45, 2.75) is 44.2 Å². The van der Waals surface area contributed by atoms with Crippen LogP contribution in [0.1, 0.15) is 44.2 Å². The minimum atomic E-state index is -0.0584. The summed E-state index contributed by atoms with van der Waals surface area (Å²) < 4.78 is 13.1. The molecule has 2 aliphatic heterocycles. The highest BCUT2D eigenvalue weighted by Crippen LogP contribution is 2.44. The summed E-state index contributed by atoms with van der Waals surface area (Å²) in [5.74, 6) is 1.03.